The van der Waals surface area contributed by atoms with Gasteiger partial charge in [-0.3, -0.25) is 9.97 Å². The molecule has 0 saturated carbocycles. The molecule has 6 heteroatoms. The van der Waals surface area contributed by atoms with Crippen molar-refractivity contribution in [2.45, 2.75) is 0 Å². The smallest absolute Gasteiger partial charge is 0.164 e. The van der Waals surface area contributed by atoms with Gasteiger partial charge in [0, 0.05) is 51.6 Å². The van der Waals surface area contributed by atoms with E-state index in [0.717, 1.165) is 72.0 Å². The zero-order chi connectivity index (χ0) is 33.3. The number of benzene rings is 5. The van der Waals surface area contributed by atoms with E-state index >= 15 is 0 Å². The van der Waals surface area contributed by atoms with Gasteiger partial charge < -0.3 is 0 Å². The monoisotopic (exact) mass is 640 g/mol. The van der Waals surface area contributed by atoms with Crippen LogP contribution in [0.3, 0.4) is 0 Å². The van der Waals surface area contributed by atoms with Gasteiger partial charge in [-0.05, 0) is 58.7 Å². The van der Waals surface area contributed by atoms with E-state index in [1.54, 1.807) is 12.4 Å². The zero-order valence-electron chi connectivity index (χ0n) is 26.8. The third kappa shape index (κ3) is 5.55. The summed E-state index contributed by atoms with van der Waals surface area (Å²) in [6, 6.07) is 51.6. The molecular weight excluding hydrogens is 613 g/mol. The molecule has 0 bridgehead atoms. The number of rotatable bonds is 6. The fraction of sp³-hybridized carbons (Fsp3) is 0. The Bertz CT molecular complexity index is 2570. The lowest BCUT2D eigenvalue weighted by atomic mass is 9.94. The predicted octanol–water partition coefficient (Wildman–Crippen LogP) is 10.4. The molecule has 50 heavy (non-hydrogen) atoms. The minimum atomic E-state index is 0.613. The lowest BCUT2D eigenvalue weighted by Gasteiger charge is -2.13. The molecule has 0 aliphatic rings. The largest absolute Gasteiger partial charge is 0.264 e. The van der Waals surface area contributed by atoms with Crippen LogP contribution in [-0.2, 0) is 0 Å². The van der Waals surface area contributed by atoms with Crippen molar-refractivity contribution >= 4 is 21.8 Å². The second kappa shape index (κ2) is 12.6. The average Bonchev–Trinajstić information content (AvgIpc) is 3.21. The molecule has 9 rings (SSSR count). The van der Waals surface area contributed by atoms with E-state index in [0.29, 0.717) is 17.5 Å². The van der Waals surface area contributed by atoms with Crippen LogP contribution in [0.5, 0.6) is 0 Å². The first-order valence-corrected chi connectivity index (χ1v) is 16.4. The van der Waals surface area contributed by atoms with Gasteiger partial charge in [0.25, 0.3) is 0 Å². The van der Waals surface area contributed by atoms with Crippen molar-refractivity contribution in [1.29, 1.82) is 0 Å². The van der Waals surface area contributed by atoms with Crippen LogP contribution in [0, 0.1) is 0 Å². The number of fused-ring (bicyclic) bond motifs is 3. The van der Waals surface area contributed by atoms with Crippen LogP contribution in [-0.4, -0.2) is 29.9 Å². The van der Waals surface area contributed by atoms with Gasteiger partial charge in [0.15, 0.2) is 17.5 Å². The number of pyridine rings is 3. The van der Waals surface area contributed by atoms with E-state index in [1.807, 2.05) is 91.1 Å². The molecule has 4 aromatic heterocycles. The Kier molecular flexibility index (Phi) is 7.37. The summed E-state index contributed by atoms with van der Waals surface area (Å²) in [6.07, 6.45) is 5.47. The summed E-state index contributed by atoms with van der Waals surface area (Å²) in [4.78, 5) is 29.0. The van der Waals surface area contributed by atoms with Crippen LogP contribution in [0.25, 0.3) is 89.5 Å². The molecule has 234 valence electrons. The van der Waals surface area contributed by atoms with Gasteiger partial charge in [-0.1, -0.05) is 115 Å². The maximum atomic E-state index is 5.04. The maximum Gasteiger partial charge on any atom is 0.164 e. The van der Waals surface area contributed by atoms with Gasteiger partial charge in [-0.15, -0.1) is 0 Å². The van der Waals surface area contributed by atoms with Gasteiger partial charge in [0.2, 0.25) is 0 Å². The van der Waals surface area contributed by atoms with Crippen LogP contribution in [0.1, 0.15) is 0 Å². The fourth-order valence-corrected chi connectivity index (χ4v) is 6.36. The van der Waals surface area contributed by atoms with E-state index in [-0.39, 0.29) is 0 Å². The Morgan fingerprint density at radius 1 is 0.340 bits per heavy atom. The van der Waals surface area contributed by atoms with Crippen LogP contribution in [0.2, 0.25) is 0 Å². The highest BCUT2D eigenvalue weighted by molar-refractivity contribution is 6.08. The average molecular weight is 641 g/mol. The van der Waals surface area contributed by atoms with E-state index in [1.165, 1.54) is 0 Å². The highest BCUT2D eigenvalue weighted by Gasteiger charge is 2.16. The highest BCUT2D eigenvalue weighted by atomic mass is 15.0. The van der Waals surface area contributed by atoms with Crippen molar-refractivity contribution in [2.24, 2.45) is 0 Å². The topological polar surface area (TPSA) is 77.3 Å². The van der Waals surface area contributed by atoms with Crippen LogP contribution in [0.15, 0.2) is 170 Å². The normalized spacial score (nSPS) is 11.2. The second-order valence-electron chi connectivity index (χ2n) is 12.0. The summed E-state index contributed by atoms with van der Waals surface area (Å²) in [6.45, 7) is 0. The first kappa shape index (κ1) is 29.2. The molecular formula is C44H28N6. The van der Waals surface area contributed by atoms with E-state index in [9.17, 15) is 0 Å². The molecule has 0 atom stereocenters. The SMILES string of the molecule is c1ccc(-c2cc(-c3ccc(-c4nc5cccnc5c5cnccc45)cc3)cc(-c3nc(-c4ccccc4)nc(-c4ccccc4)n3)c2)cc1. The molecule has 0 amide bonds. The van der Waals surface area contributed by atoms with Crippen molar-refractivity contribution in [3.05, 3.63) is 170 Å². The lowest BCUT2D eigenvalue weighted by molar-refractivity contribution is 1.07. The number of nitrogens with zero attached hydrogens (tertiary/aromatic N) is 6. The third-order valence-electron chi connectivity index (χ3n) is 8.84. The van der Waals surface area contributed by atoms with Gasteiger partial charge in [-0.2, -0.15) is 0 Å². The minimum Gasteiger partial charge on any atom is -0.264 e. The van der Waals surface area contributed by atoms with Crippen molar-refractivity contribution in [2.75, 3.05) is 0 Å². The predicted molar refractivity (Wildman–Crippen MR) is 201 cm³/mol. The summed E-state index contributed by atoms with van der Waals surface area (Å²) in [7, 11) is 0. The van der Waals surface area contributed by atoms with Gasteiger partial charge >= 0.3 is 0 Å². The molecule has 0 fully saturated rings. The molecule has 0 spiro atoms. The molecule has 0 aliphatic carbocycles. The van der Waals surface area contributed by atoms with E-state index in [2.05, 4.69) is 76.7 Å². The molecule has 5 aromatic carbocycles. The van der Waals surface area contributed by atoms with Crippen LogP contribution >= 0.6 is 0 Å². The molecule has 0 radical (unpaired) electrons. The molecule has 4 heterocycles. The van der Waals surface area contributed by atoms with Crippen molar-refractivity contribution in [3.63, 3.8) is 0 Å². The molecule has 0 saturated heterocycles. The molecule has 6 nitrogen and oxygen atoms in total. The van der Waals surface area contributed by atoms with Gasteiger partial charge in [0.05, 0.1) is 16.7 Å². The Hall–Kier alpha value is -6.92. The van der Waals surface area contributed by atoms with Gasteiger partial charge in [-0.25, -0.2) is 19.9 Å². The summed E-state index contributed by atoms with van der Waals surface area (Å²) < 4.78 is 0. The van der Waals surface area contributed by atoms with E-state index in [4.69, 9.17) is 19.9 Å². The zero-order valence-corrected chi connectivity index (χ0v) is 26.8. The van der Waals surface area contributed by atoms with Crippen LogP contribution < -0.4 is 0 Å². The van der Waals surface area contributed by atoms with Crippen molar-refractivity contribution in [3.8, 4) is 67.7 Å². The Morgan fingerprint density at radius 3 is 1.48 bits per heavy atom. The number of hydrogen-bond donors (Lipinski definition) is 0. The second-order valence-corrected chi connectivity index (χ2v) is 12.0. The van der Waals surface area contributed by atoms with Crippen molar-refractivity contribution in [1.82, 2.24) is 29.9 Å². The molecule has 0 N–H and O–H groups in total. The van der Waals surface area contributed by atoms with Gasteiger partial charge in [0.1, 0.15) is 0 Å². The first-order chi connectivity index (χ1) is 24.8. The summed E-state index contributed by atoms with van der Waals surface area (Å²) in [5, 5.41) is 2.00. The summed E-state index contributed by atoms with van der Waals surface area (Å²) >= 11 is 0. The first-order valence-electron chi connectivity index (χ1n) is 16.4. The standard InChI is InChI=1S/C44H28N6/c1-4-11-29(12-5-1)34-25-35(30-18-20-31(21-19-30)40-37-22-24-45-28-38(37)41-39(47-40)17-10-23-46-41)27-36(26-34)44-49-42(32-13-6-2-7-14-32)48-43(50-44)33-15-8-3-9-16-33/h1-28H. The molecule has 9 aromatic rings. The Balaban J connectivity index is 1.19. The van der Waals surface area contributed by atoms with Crippen LogP contribution in [0.4, 0.5) is 0 Å². The highest BCUT2D eigenvalue weighted by Crippen LogP contribution is 2.36. The Labute approximate surface area is 288 Å². The van der Waals surface area contributed by atoms with Crippen molar-refractivity contribution < 1.29 is 0 Å². The number of aromatic nitrogens is 6. The molecule has 0 aliphatic heterocycles. The fourth-order valence-electron chi connectivity index (χ4n) is 6.36. The quantitative estimate of drug-likeness (QED) is 0.168. The Morgan fingerprint density at radius 2 is 0.860 bits per heavy atom. The maximum absolute atomic E-state index is 5.04. The third-order valence-corrected chi connectivity index (χ3v) is 8.84. The van der Waals surface area contributed by atoms with E-state index < -0.39 is 0 Å². The summed E-state index contributed by atoms with van der Waals surface area (Å²) in [5.74, 6) is 1.87. The summed E-state index contributed by atoms with van der Waals surface area (Å²) in [5.41, 5.74) is 10.7. The number of hydrogen-bond acceptors (Lipinski definition) is 6. The minimum absolute atomic E-state index is 0.613. The lowest BCUT2D eigenvalue weighted by Crippen LogP contribution is -2.00. The molecule has 0 unspecified atom stereocenters.